The molecule has 0 radical (unpaired) electrons. The van der Waals surface area contributed by atoms with Crippen LogP contribution in [0.15, 0.2) is 82.2 Å². The summed E-state index contributed by atoms with van der Waals surface area (Å²) >= 11 is 1.28. The minimum atomic E-state index is -0.661. The summed E-state index contributed by atoms with van der Waals surface area (Å²) in [5.41, 5.74) is 2.22. The summed E-state index contributed by atoms with van der Waals surface area (Å²) in [6.45, 7) is 5.81. The van der Waals surface area contributed by atoms with Crippen molar-refractivity contribution in [1.29, 1.82) is 0 Å². The Bertz CT molecular complexity index is 1430. The number of aromatic nitrogens is 1. The number of ether oxygens (including phenoxy) is 3. The Morgan fingerprint density at radius 2 is 1.79 bits per heavy atom. The van der Waals surface area contributed by atoms with Crippen molar-refractivity contribution in [3.63, 3.8) is 0 Å². The van der Waals surface area contributed by atoms with E-state index in [0.29, 0.717) is 33.0 Å². The number of esters is 1. The molecule has 34 heavy (non-hydrogen) atoms. The van der Waals surface area contributed by atoms with Crippen molar-refractivity contribution in [2.45, 2.75) is 13.0 Å². The first kappa shape index (κ1) is 23.3. The predicted octanol–water partition coefficient (Wildman–Crippen LogP) is 2.98. The van der Waals surface area contributed by atoms with Crippen molar-refractivity contribution in [1.82, 2.24) is 4.57 Å². The van der Waals surface area contributed by atoms with Gasteiger partial charge in [-0.3, -0.25) is 9.36 Å². The van der Waals surface area contributed by atoms with E-state index in [1.807, 2.05) is 42.5 Å². The first-order chi connectivity index (χ1) is 16.5. The highest BCUT2D eigenvalue weighted by Gasteiger charge is 2.33. The van der Waals surface area contributed by atoms with Gasteiger partial charge in [-0.2, -0.15) is 0 Å². The Hall–Kier alpha value is -3.91. The summed E-state index contributed by atoms with van der Waals surface area (Å²) in [5, 5.41) is 0. The molecule has 0 bridgehead atoms. The standard InChI is InChI=1S/C26H24N2O5S/c1-5-14-33-20-10-6-17(7-11-20)15-21-24(29)28-23(18-8-12-19(31-3)13-9-18)22(25(30)32-4)16(2)27-26(28)34-21/h5-13,15,23H,1,14H2,2-4H3/b21-15+. The third kappa shape index (κ3) is 4.45. The first-order valence-electron chi connectivity index (χ1n) is 10.6. The molecule has 4 rings (SSSR count). The van der Waals surface area contributed by atoms with Gasteiger partial charge in [-0.05, 0) is 48.4 Å². The molecule has 7 nitrogen and oxygen atoms in total. The van der Waals surface area contributed by atoms with Crippen molar-refractivity contribution in [2.75, 3.05) is 20.8 Å². The van der Waals surface area contributed by atoms with Gasteiger partial charge < -0.3 is 14.2 Å². The van der Waals surface area contributed by atoms with Gasteiger partial charge >= 0.3 is 5.97 Å². The molecule has 1 atom stereocenters. The molecular weight excluding hydrogens is 452 g/mol. The first-order valence-corrected chi connectivity index (χ1v) is 11.4. The Morgan fingerprint density at radius 3 is 2.41 bits per heavy atom. The quantitative estimate of drug-likeness (QED) is 0.387. The van der Waals surface area contributed by atoms with Gasteiger partial charge in [-0.15, -0.1) is 0 Å². The molecule has 1 aliphatic rings. The Labute approximate surface area is 200 Å². The lowest BCUT2D eigenvalue weighted by molar-refractivity contribution is -0.136. The van der Waals surface area contributed by atoms with Crippen LogP contribution in [-0.4, -0.2) is 31.4 Å². The fourth-order valence-electron chi connectivity index (χ4n) is 3.76. The second-order valence-electron chi connectivity index (χ2n) is 7.52. The fourth-order valence-corrected chi connectivity index (χ4v) is 4.81. The molecule has 0 saturated carbocycles. The maximum Gasteiger partial charge on any atom is 0.338 e. The van der Waals surface area contributed by atoms with Gasteiger partial charge in [0, 0.05) is 0 Å². The highest BCUT2D eigenvalue weighted by atomic mass is 32.1. The molecule has 8 heteroatoms. The van der Waals surface area contributed by atoms with Gasteiger partial charge in [-0.25, -0.2) is 9.79 Å². The van der Waals surface area contributed by atoms with Crippen LogP contribution in [0.2, 0.25) is 0 Å². The Kier molecular flexibility index (Phi) is 6.79. The second kappa shape index (κ2) is 9.93. The number of thiazole rings is 1. The molecule has 0 aliphatic carbocycles. The number of fused-ring (bicyclic) bond motifs is 1. The van der Waals surface area contributed by atoms with Crippen molar-refractivity contribution < 1.29 is 19.0 Å². The smallest absolute Gasteiger partial charge is 0.338 e. The monoisotopic (exact) mass is 476 g/mol. The molecule has 0 fully saturated rings. The van der Waals surface area contributed by atoms with Crippen LogP contribution in [0.4, 0.5) is 0 Å². The van der Waals surface area contributed by atoms with E-state index in [2.05, 4.69) is 11.6 Å². The van der Waals surface area contributed by atoms with E-state index in [1.54, 1.807) is 36.8 Å². The molecule has 1 aromatic heterocycles. The van der Waals surface area contributed by atoms with Crippen molar-refractivity contribution in [2.24, 2.45) is 4.99 Å². The van der Waals surface area contributed by atoms with Gasteiger partial charge in [0.15, 0.2) is 4.80 Å². The molecule has 0 saturated heterocycles. The molecule has 0 spiro atoms. The van der Waals surface area contributed by atoms with E-state index in [0.717, 1.165) is 16.9 Å². The Morgan fingerprint density at radius 1 is 1.12 bits per heavy atom. The van der Waals surface area contributed by atoms with E-state index in [9.17, 15) is 9.59 Å². The predicted molar refractivity (Wildman–Crippen MR) is 131 cm³/mol. The minimum Gasteiger partial charge on any atom is -0.497 e. The van der Waals surface area contributed by atoms with Gasteiger partial charge in [0.05, 0.1) is 36.1 Å². The third-order valence-electron chi connectivity index (χ3n) is 5.40. The summed E-state index contributed by atoms with van der Waals surface area (Å²) in [6, 6.07) is 14.0. The SMILES string of the molecule is C=CCOc1ccc(/C=c2/sc3n(c2=O)C(c2ccc(OC)cc2)C(C(=O)OC)=C(C)N=3)cc1. The third-order valence-corrected chi connectivity index (χ3v) is 6.39. The van der Waals surface area contributed by atoms with Crippen LogP contribution < -0.4 is 24.4 Å². The number of nitrogens with zero attached hydrogens (tertiary/aromatic N) is 2. The summed E-state index contributed by atoms with van der Waals surface area (Å²) in [4.78, 5) is 31.3. The molecular formula is C26H24N2O5S. The summed E-state index contributed by atoms with van der Waals surface area (Å²) in [6.07, 6.45) is 3.49. The van der Waals surface area contributed by atoms with E-state index >= 15 is 0 Å². The highest BCUT2D eigenvalue weighted by Crippen LogP contribution is 2.31. The molecule has 1 aliphatic heterocycles. The van der Waals surface area contributed by atoms with Crippen LogP contribution in [0, 0.1) is 0 Å². The number of hydrogen-bond donors (Lipinski definition) is 0. The lowest BCUT2D eigenvalue weighted by Gasteiger charge is -2.24. The molecule has 1 unspecified atom stereocenters. The van der Waals surface area contributed by atoms with E-state index in [-0.39, 0.29) is 5.56 Å². The molecule has 0 N–H and O–H groups in total. The van der Waals surface area contributed by atoms with E-state index in [1.165, 1.54) is 18.4 Å². The zero-order chi connectivity index (χ0) is 24.2. The fraction of sp³-hybridized carbons (Fsp3) is 0.192. The molecule has 174 valence electrons. The average molecular weight is 477 g/mol. The van der Waals surface area contributed by atoms with E-state index in [4.69, 9.17) is 14.2 Å². The highest BCUT2D eigenvalue weighted by molar-refractivity contribution is 7.07. The Balaban J connectivity index is 1.84. The number of hydrogen-bond acceptors (Lipinski definition) is 7. The summed E-state index contributed by atoms with van der Waals surface area (Å²) in [7, 11) is 2.90. The zero-order valence-electron chi connectivity index (χ0n) is 19.1. The second-order valence-corrected chi connectivity index (χ2v) is 8.52. The van der Waals surface area contributed by atoms with Crippen molar-refractivity contribution in [3.05, 3.63) is 103 Å². The van der Waals surface area contributed by atoms with Crippen LogP contribution in [0.5, 0.6) is 11.5 Å². The summed E-state index contributed by atoms with van der Waals surface area (Å²) < 4.78 is 17.9. The minimum absolute atomic E-state index is 0.231. The lowest BCUT2D eigenvalue weighted by Crippen LogP contribution is -2.39. The van der Waals surface area contributed by atoms with Crippen LogP contribution in [0.1, 0.15) is 24.1 Å². The number of carbonyl (C=O) groups is 1. The summed E-state index contributed by atoms with van der Waals surface area (Å²) in [5.74, 6) is 0.875. The maximum absolute atomic E-state index is 13.5. The average Bonchev–Trinajstić information content (AvgIpc) is 3.16. The maximum atomic E-state index is 13.5. The van der Waals surface area contributed by atoms with Gasteiger partial charge in [-0.1, -0.05) is 48.3 Å². The molecule has 2 heterocycles. The van der Waals surface area contributed by atoms with Crippen LogP contribution >= 0.6 is 11.3 Å². The molecule has 3 aromatic rings. The van der Waals surface area contributed by atoms with Gasteiger partial charge in [0.2, 0.25) is 0 Å². The topological polar surface area (TPSA) is 79.1 Å². The number of allylic oxidation sites excluding steroid dienone is 1. The largest absolute Gasteiger partial charge is 0.497 e. The molecule has 0 amide bonds. The van der Waals surface area contributed by atoms with Crippen LogP contribution in [0.25, 0.3) is 6.08 Å². The number of carbonyl (C=O) groups excluding carboxylic acids is 1. The zero-order valence-corrected chi connectivity index (χ0v) is 19.9. The molecule has 2 aromatic carbocycles. The van der Waals surface area contributed by atoms with Gasteiger partial charge in [0.1, 0.15) is 18.1 Å². The lowest BCUT2D eigenvalue weighted by atomic mass is 9.96. The van der Waals surface area contributed by atoms with Gasteiger partial charge in [0.25, 0.3) is 5.56 Å². The number of methoxy groups -OCH3 is 2. The van der Waals surface area contributed by atoms with Crippen LogP contribution in [0.3, 0.4) is 0 Å². The number of rotatable bonds is 7. The van der Waals surface area contributed by atoms with Crippen molar-refractivity contribution in [3.8, 4) is 11.5 Å². The normalized spacial score (nSPS) is 15.4. The van der Waals surface area contributed by atoms with Crippen LogP contribution in [-0.2, 0) is 9.53 Å². The van der Waals surface area contributed by atoms with Crippen molar-refractivity contribution >= 4 is 23.4 Å². The number of benzene rings is 2. The van der Waals surface area contributed by atoms with E-state index < -0.39 is 12.0 Å².